The van der Waals surface area contributed by atoms with Gasteiger partial charge in [-0.05, 0) is 39.7 Å². The number of allylic oxidation sites excluding steroid dienone is 1. The van der Waals surface area contributed by atoms with E-state index in [4.69, 9.17) is 0 Å². The molecule has 4 nitrogen and oxygen atoms in total. The van der Waals surface area contributed by atoms with E-state index in [1.54, 1.807) is 21.1 Å². The van der Waals surface area contributed by atoms with E-state index in [2.05, 4.69) is 54.9 Å². The summed E-state index contributed by atoms with van der Waals surface area (Å²) in [4.78, 5) is 11.6. The second-order valence-corrected chi connectivity index (χ2v) is 5.94. The number of azo groups is 1. The second-order valence-electron chi connectivity index (χ2n) is 5.94. The molecule has 0 atom stereocenters. The average molecular weight is 319 g/mol. The lowest BCUT2D eigenvalue weighted by molar-refractivity contribution is -0.126. The lowest BCUT2D eigenvalue weighted by atomic mass is 10.1. The highest BCUT2D eigenvalue weighted by molar-refractivity contribution is 5.72. The molecule has 0 N–H and O–H groups in total. The summed E-state index contributed by atoms with van der Waals surface area (Å²) in [7, 11) is 5.13. The van der Waals surface area contributed by atoms with E-state index in [0.29, 0.717) is 6.04 Å². The Hall–Kier alpha value is -1.97. The van der Waals surface area contributed by atoms with Crippen LogP contribution in [0.2, 0.25) is 0 Å². The third-order valence-corrected chi connectivity index (χ3v) is 2.60. The van der Waals surface area contributed by atoms with Crippen LogP contribution in [0.3, 0.4) is 0 Å². The zero-order valence-corrected chi connectivity index (χ0v) is 16.1. The molecule has 1 aromatic rings. The summed E-state index contributed by atoms with van der Waals surface area (Å²) in [5.74, 6) is 0.0926. The van der Waals surface area contributed by atoms with Crippen molar-refractivity contribution in [1.29, 1.82) is 0 Å². The van der Waals surface area contributed by atoms with Crippen LogP contribution in [0.25, 0.3) is 0 Å². The second kappa shape index (κ2) is 13.7. The first-order valence-electron chi connectivity index (χ1n) is 7.76. The maximum absolute atomic E-state index is 10.1. The Morgan fingerprint density at radius 2 is 1.61 bits per heavy atom. The SMILES string of the molecule is C=C(C)Cc1ccc(C)cc1.CC(=O)N(C)C.CN=NC(C)C. The number of hydrogen-bond donors (Lipinski definition) is 0. The first-order chi connectivity index (χ1) is 10.6. The fourth-order valence-corrected chi connectivity index (χ4v) is 1.29. The van der Waals surface area contributed by atoms with Crippen molar-refractivity contribution in [3.63, 3.8) is 0 Å². The molecule has 0 bridgehead atoms. The lowest BCUT2D eigenvalue weighted by Crippen LogP contribution is -2.17. The van der Waals surface area contributed by atoms with Gasteiger partial charge in [0.05, 0.1) is 6.04 Å². The topological polar surface area (TPSA) is 45.0 Å². The van der Waals surface area contributed by atoms with E-state index in [0.717, 1.165) is 6.42 Å². The molecule has 23 heavy (non-hydrogen) atoms. The Labute approximate surface area is 142 Å². The van der Waals surface area contributed by atoms with Crippen molar-refractivity contribution in [3.8, 4) is 0 Å². The Kier molecular flexibility index (Phi) is 13.9. The van der Waals surface area contributed by atoms with Gasteiger partial charge in [-0.3, -0.25) is 4.79 Å². The van der Waals surface area contributed by atoms with Crippen LogP contribution in [-0.2, 0) is 11.2 Å². The first-order valence-corrected chi connectivity index (χ1v) is 7.76. The quantitative estimate of drug-likeness (QED) is 0.589. The maximum atomic E-state index is 10.1. The van der Waals surface area contributed by atoms with Gasteiger partial charge in [0, 0.05) is 28.1 Å². The van der Waals surface area contributed by atoms with Crippen molar-refractivity contribution in [1.82, 2.24) is 4.90 Å². The normalized spacial score (nSPS) is 9.61. The summed E-state index contributed by atoms with van der Waals surface area (Å²) in [5, 5.41) is 7.31. The van der Waals surface area contributed by atoms with Crippen molar-refractivity contribution < 1.29 is 4.79 Å². The summed E-state index contributed by atoms with van der Waals surface area (Å²) in [5.41, 5.74) is 3.88. The van der Waals surface area contributed by atoms with Gasteiger partial charge in [-0.25, -0.2) is 0 Å². The molecule has 0 radical (unpaired) electrons. The molecule has 0 spiro atoms. The summed E-state index contributed by atoms with van der Waals surface area (Å²) in [6.07, 6.45) is 1.00. The predicted molar refractivity (Wildman–Crippen MR) is 100.0 cm³/mol. The lowest BCUT2D eigenvalue weighted by Gasteiger charge is -2.02. The zero-order valence-electron chi connectivity index (χ0n) is 16.1. The number of carbonyl (C=O) groups excluding carboxylic acids is 1. The van der Waals surface area contributed by atoms with Gasteiger partial charge in [0.2, 0.25) is 5.91 Å². The van der Waals surface area contributed by atoms with Crippen molar-refractivity contribution in [2.24, 2.45) is 10.2 Å². The third kappa shape index (κ3) is 18.0. The first kappa shape index (κ1) is 23.3. The number of aryl methyl sites for hydroxylation is 1. The van der Waals surface area contributed by atoms with Crippen LogP contribution in [0.15, 0.2) is 46.6 Å². The van der Waals surface area contributed by atoms with Gasteiger partial charge in [0.15, 0.2) is 0 Å². The van der Waals surface area contributed by atoms with Crippen LogP contribution in [0.1, 0.15) is 38.8 Å². The standard InChI is InChI=1S/C11H14.C4H10N2.C4H9NO/c1-9(2)8-11-6-4-10(3)5-7-11;1-4(2)6-5-3;1-4(6)5(2)3/h4-7H,1,8H2,2-3H3;4H,1-3H3;1-3H3. The Morgan fingerprint density at radius 3 is 1.83 bits per heavy atom. The van der Waals surface area contributed by atoms with Gasteiger partial charge in [0.1, 0.15) is 0 Å². The van der Waals surface area contributed by atoms with Gasteiger partial charge >= 0.3 is 0 Å². The molecule has 0 fully saturated rings. The minimum absolute atomic E-state index is 0.0926. The van der Waals surface area contributed by atoms with Crippen LogP contribution in [0.4, 0.5) is 0 Å². The fraction of sp³-hybridized carbons (Fsp3) is 0.526. The summed E-state index contributed by atoms with van der Waals surface area (Å²) < 4.78 is 0. The number of rotatable bonds is 3. The molecule has 0 unspecified atom stereocenters. The minimum Gasteiger partial charge on any atom is -0.349 e. The van der Waals surface area contributed by atoms with Crippen LogP contribution >= 0.6 is 0 Å². The Bertz CT molecular complexity index is 474. The van der Waals surface area contributed by atoms with Gasteiger partial charge < -0.3 is 4.90 Å². The van der Waals surface area contributed by atoms with Crippen molar-refractivity contribution in [3.05, 3.63) is 47.5 Å². The molecule has 1 aromatic carbocycles. The van der Waals surface area contributed by atoms with Crippen LogP contribution in [0, 0.1) is 6.92 Å². The fourth-order valence-electron chi connectivity index (χ4n) is 1.29. The van der Waals surface area contributed by atoms with Gasteiger partial charge in [-0.2, -0.15) is 10.2 Å². The van der Waals surface area contributed by atoms with E-state index in [1.807, 2.05) is 13.8 Å². The molecule has 0 saturated heterocycles. The van der Waals surface area contributed by atoms with Gasteiger partial charge in [-0.1, -0.05) is 42.0 Å². The van der Waals surface area contributed by atoms with E-state index in [9.17, 15) is 4.79 Å². The number of hydrogen-bond acceptors (Lipinski definition) is 3. The van der Waals surface area contributed by atoms with Crippen molar-refractivity contribution in [2.75, 3.05) is 21.1 Å². The zero-order chi connectivity index (χ0) is 18.4. The molecule has 0 aliphatic carbocycles. The van der Waals surface area contributed by atoms with E-state index in [1.165, 1.54) is 28.5 Å². The Morgan fingerprint density at radius 1 is 1.17 bits per heavy atom. The molecule has 1 rings (SSSR count). The highest BCUT2D eigenvalue weighted by Gasteiger charge is 1.91. The van der Waals surface area contributed by atoms with Crippen molar-refractivity contribution in [2.45, 2.75) is 47.1 Å². The molecular formula is C19H33N3O. The Balaban J connectivity index is 0. The number of amides is 1. The average Bonchev–Trinajstić information content (AvgIpc) is 2.42. The highest BCUT2D eigenvalue weighted by Crippen LogP contribution is 2.07. The summed E-state index contributed by atoms with van der Waals surface area (Å²) in [6, 6.07) is 8.94. The van der Waals surface area contributed by atoms with E-state index in [-0.39, 0.29) is 5.91 Å². The smallest absolute Gasteiger partial charge is 0.218 e. The molecular weight excluding hydrogens is 286 g/mol. The number of nitrogens with zero attached hydrogens (tertiary/aromatic N) is 3. The van der Waals surface area contributed by atoms with Crippen molar-refractivity contribution >= 4 is 5.91 Å². The summed E-state index contributed by atoms with van der Waals surface area (Å²) in [6.45, 7) is 13.5. The molecule has 0 heterocycles. The van der Waals surface area contributed by atoms with Gasteiger partial charge in [0.25, 0.3) is 0 Å². The van der Waals surface area contributed by atoms with Crippen LogP contribution in [0.5, 0.6) is 0 Å². The molecule has 0 aromatic heterocycles. The monoisotopic (exact) mass is 319 g/mol. The molecule has 0 saturated carbocycles. The molecule has 1 amide bonds. The predicted octanol–water partition coefficient (Wildman–Crippen LogP) is 4.68. The molecule has 0 aliphatic rings. The largest absolute Gasteiger partial charge is 0.349 e. The van der Waals surface area contributed by atoms with Gasteiger partial charge in [-0.15, -0.1) is 0 Å². The summed E-state index contributed by atoms with van der Waals surface area (Å²) >= 11 is 0. The molecule has 130 valence electrons. The third-order valence-electron chi connectivity index (χ3n) is 2.60. The highest BCUT2D eigenvalue weighted by atomic mass is 16.2. The molecule has 4 heteroatoms. The maximum Gasteiger partial charge on any atom is 0.218 e. The van der Waals surface area contributed by atoms with Crippen LogP contribution in [-0.4, -0.2) is 38.0 Å². The molecule has 0 aliphatic heterocycles. The number of carbonyl (C=O) groups is 1. The van der Waals surface area contributed by atoms with E-state index < -0.39 is 0 Å². The van der Waals surface area contributed by atoms with E-state index >= 15 is 0 Å². The van der Waals surface area contributed by atoms with Crippen LogP contribution < -0.4 is 0 Å². The number of benzene rings is 1. The minimum atomic E-state index is 0.0926.